The third-order valence-corrected chi connectivity index (χ3v) is 2.48. The van der Waals surface area contributed by atoms with Gasteiger partial charge in [0.25, 0.3) is 5.91 Å². The average molecular weight is 279 g/mol. The second-order valence-corrected chi connectivity index (χ2v) is 3.79. The molecule has 0 saturated carbocycles. The van der Waals surface area contributed by atoms with Crippen molar-refractivity contribution in [2.45, 2.75) is 18.5 Å². The van der Waals surface area contributed by atoms with Gasteiger partial charge in [-0.05, 0) is 12.0 Å². The van der Waals surface area contributed by atoms with Crippen LogP contribution in [0.2, 0.25) is 0 Å². The summed E-state index contributed by atoms with van der Waals surface area (Å²) in [5.74, 6) is -6.16. The number of carbonyl (C=O) groups excluding carboxylic acids is 1. The standard InChI is InChI=1S/C12H13F4NO2/c1-19-11(13,12(14,15)16)10(18)17-8-7-9-5-3-2-4-6-9/h2-6H,7-8H2,1H3,(H,17,18). The minimum Gasteiger partial charge on any atom is -0.350 e. The predicted octanol–water partition coefficient (Wildman–Crippen LogP) is 2.22. The Morgan fingerprint density at radius 3 is 2.26 bits per heavy atom. The van der Waals surface area contributed by atoms with E-state index in [-0.39, 0.29) is 6.54 Å². The van der Waals surface area contributed by atoms with Crippen LogP contribution < -0.4 is 5.32 Å². The van der Waals surface area contributed by atoms with Crippen LogP contribution in [0, 0.1) is 0 Å². The van der Waals surface area contributed by atoms with Crippen LogP contribution in [-0.4, -0.2) is 31.6 Å². The van der Waals surface area contributed by atoms with Crippen LogP contribution in [0.3, 0.4) is 0 Å². The third-order valence-electron chi connectivity index (χ3n) is 2.48. The van der Waals surface area contributed by atoms with Crippen LogP contribution in [0.25, 0.3) is 0 Å². The highest BCUT2D eigenvalue weighted by Gasteiger charge is 2.63. The summed E-state index contributed by atoms with van der Waals surface area (Å²) in [4.78, 5) is 11.2. The molecule has 0 aliphatic heterocycles. The molecular weight excluding hydrogens is 266 g/mol. The van der Waals surface area contributed by atoms with Crippen molar-refractivity contribution in [1.82, 2.24) is 5.32 Å². The summed E-state index contributed by atoms with van der Waals surface area (Å²) < 4.78 is 54.1. The highest BCUT2D eigenvalue weighted by molar-refractivity contribution is 5.84. The van der Waals surface area contributed by atoms with Crippen molar-refractivity contribution in [3.8, 4) is 0 Å². The van der Waals surface area contributed by atoms with E-state index in [9.17, 15) is 22.4 Å². The highest BCUT2D eigenvalue weighted by Crippen LogP contribution is 2.34. The van der Waals surface area contributed by atoms with Gasteiger partial charge in [0, 0.05) is 13.7 Å². The smallest absolute Gasteiger partial charge is 0.350 e. The number of benzene rings is 1. The van der Waals surface area contributed by atoms with Crippen LogP contribution in [-0.2, 0) is 16.0 Å². The molecule has 1 atom stereocenters. The molecule has 0 radical (unpaired) electrons. The second kappa shape index (κ2) is 6.01. The molecule has 19 heavy (non-hydrogen) atoms. The zero-order valence-corrected chi connectivity index (χ0v) is 10.1. The number of hydrogen-bond acceptors (Lipinski definition) is 2. The van der Waals surface area contributed by atoms with Crippen LogP contribution in [0.4, 0.5) is 17.6 Å². The second-order valence-electron chi connectivity index (χ2n) is 3.79. The monoisotopic (exact) mass is 279 g/mol. The fraction of sp³-hybridized carbons (Fsp3) is 0.417. The molecule has 0 aliphatic rings. The molecule has 1 rings (SSSR count). The van der Waals surface area contributed by atoms with E-state index in [1.54, 1.807) is 30.3 Å². The van der Waals surface area contributed by atoms with Crippen molar-refractivity contribution < 1.29 is 27.1 Å². The molecule has 0 bridgehead atoms. The molecule has 106 valence electrons. The largest absolute Gasteiger partial charge is 0.458 e. The van der Waals surface area contributed by atoms with Crippen LogP contribution in [0.1, 0.15) is 5.56 Å². The zero-order valence-electron chi connectivity index (χ0n) is 10.1. The summed E-state index contributed by atoms with van der Waals surface area (Å²) in [6.45, 7) is -0.117. The van der Waals surface area contributed by atoms with Crippen molar-refractivity contribution in [3.63, 3.8) is 0 Å². The van der Waals surface area contributed by atoms with Crippen molar-refractivity contribution in [3.05, 3.63) is 35.9 Å². The third kappa shape index (κ3) is 3.66. The molecule has 1 amide bonds. The van der Waals surface area contributed by atoms with Gasteiger partial charge in [0.1, 0.15) is 0 Å². The van der Waals surface area contributed by atoms with Gasteiger partial charge in [0.15, 0.2) is 0 Å². The average Bonchev–Trinajstić information content (AvgIpc) is 2.37. The predicted molar refractivity (Wildman–Crippen MR) is 60.1 cm³/mol. The van der Waals surface area contributed by atoms with Crippen molar-refractivity contribution >= 4 is 5.91 Å². The van der Waals surface area contributed by atoms with Crippen LogP contribution in [0.15, 0.2) is 30.3 Å². The topological polar surface area (TPSA) is 38.3 Å². The van der Waals surface area contributed by atoms with E-state index in [0.29, 0.717) is 13.5 Å². The quantitative estimate of drug-likeness (QED) is 0.839. The summed E-state index contributed by atoms with van der Waals surface area (Å²) in [5, 5.41) is 1.87. The van der Waals surface area contributed by atoms with E-state index in [0.717, 1.165) is 5.56 Å². The zero-order chi connectivity index (χ0) is 14.5. The lowest BCUT2D eigenvalue weighted by Gasteiger charge is -2.24. The maximum atomic E-state index is 13.4. The van der Waals surface area contributed by atoms with Gasteiger partial charge in [-0.3, -0.25) is 4.79 Å². The van der Waals surface area contributed by atoms with Crippen molar-refractivity contribution in [2.75, 3.05) is 13.7 Å². The molecule has 0 spiro atoms. The molecule has 1 unspecified atom stereocenters. The fourth-order valence-electron chi connectivity index (χ4n) is 1.42. The number of alkyl halides is 4. The SMILES string of the molecule is COC(F)(C(=O)NCCc1ccccc1)C(F)(F)F. The first kappa shape index (κ1) is 15.4. The molecule has 0 aromatic heterocycles. The van der Waals surface area contributed by atoms with Crippen molar-refractivity contribution in [2.24, 2.45) is 0 Å². The van der Waals surface area contributed by atoms with E-state index < -0.39 is 17.9 Å². The van der Waals surface area contributed by atoms with Crippen LogP contribution >= 0.6 is 0 Å². The van der Waals surface area contributed by atoms with E-state index in [4.69, 9.17) is 0 Å². The lowest BCUT2D eigenvalue weighted by Crippen LogP contribution is -2.55. The van der Waals surface area contributed by atoms with Crippen LogP contribution in [0.5, 0.6) is 0 Å². The normalized spacial score (nSPS) is 14.8. The molecule has 0 heterocycles. The number of carbonyl (C=O) groups is 1. The number of halogens is 4. The van der Waals surface area contributed by atoms with Gasteiger partial charge in [0.2, 0.25) is 0 Å². The van der Waals surface area contributed by atoms with Gasteiger partial charge >= 0.3 is 12.0 Å². The summed E-state index contributed by atoms with van der Waals surface area (Å²) in [7, 11) is 0.490. The summed E-state index contributed by atoms with van der Waals surface area (Å²) in [5.41, 5.74) is 0.816. The Morgan fingerprint density at radius 1 is 1.21 bits per heavy atom. The molecule has 7 heteroatoms. The number of amides is 1. The van der Waals surface area contributed by atoms with E-state index in [1.807, 2.05) is 5.32 Å². The van der Waals surface area contributed by atoms with Gasteiger partial charge in [-0.1, -0.05) is 30.3 Å². The van der Waals surface area contributed by atoms with E-state index in [1.165, 1.54) is 0 Å². The maximum absolute atomic E-state index is 13.4. The lowest BCUT2D eigenvalue weighted by atomic mass is 10.1. The van der Waals surface area contributed by atoms with Gasteiger partial charge in [-0.2, -0.15) is 17.6 Å². The molecule has 1 aromatic carbocycles. The number of ether oxygens (including phenoxy) is 1. The molecular formula is C12H13F4NO2. The van der Waals surface area contributed by atoms with Gasteiger partial charge in [-0.25, -0.2) is 0 Å². The van der Waals surface area contributed by atoms with E-state index in [2.05, 4.69) is 4.74 Å². The Labute approximate surface area is 107 Å². The molecule has 0 fully saturated rings. The fourth-order valence-corrected chi connectivity index (χ4v) is 1.42. The first-order valence-electron chi connectivity index (χ1n) is 5.44. The first-order chi connectivity index (χ1) is 8.81. The van der Waals surface area contributed by atoms with Gasteiger partial charge < -0.3 is 10.1 Å². The summed E-state index contributed by atoms with van der Waals surface area (Å²) in [6.07, 6.45) is -5.12. The molecule has 1 aromatic rings. The molecule has 0 aliphatic carbocycles. The number of rotatable bonds is 5. The Bertz CT molecular complexity index is 421. The lowest BCUT2D eigenvalue weighted by molar-refractivity contribution is -0.307. The number of nitrogens with one attached hydrogen (secondary N) is 1. The Morgan fingerprint density at radius 2 is 1.79 bits per heavy atom. The first-order valence-corrected chi connectivity index (χ1v) is 5.44. The molecule has 3 nitrogen and oxygen atoms in total. The molecule has 0 saturated heterocycles. The van der Waals surface area contributed by atoms with Gasteiger partial charge in [-0.15, -0.1) is 0 Å². The van der Waals surface area contributed by atoms with E-state index >= 15 is 0 Å². The minimum atomic E-state index is -5.42. The van der Waals surface area contributed by atoms with Gasteiger partial charge in [0.05, 0.1) is 0 Å². The Hall–Kier alpha value is -1.63. The number of methoxy groups -OCH3 is 1. The maximum Gasteiger partial charge on any atom is 0.458 e. The molecule has 1 N–H and O–H groups in total. The summed E-state index contributed by atoms with van der Waals surface area (Å²) >= 11 is 0. The highest BCUT2D eigenvalue weighted by atomic mass is 19.4. The Balaban J connectivity index is 2.55. The van der Waals surface area contributed by atoms with Crippen molar-refractivity contribution in [1.29, 1.82) is 0 Å². The minimum absolute atomic E-state index is 0.117. The number of hydrogen-bond donors (Lipinski definition) is 1. The summed E-state index contributed by atoms with van der Waals surface area (Å²) in [6, 6.07) is 8.77. The Kier molecular flexibility index (Phi) is 4.88.